The summed E-state index contributed by atoms with van der Waals surface area (Å²) in [7, 11) is -3.77. The number of carbonyl (C=O) groups is 1. The van der Waals surface area contributed by atoms with Gasteiger partial charge in [-0.25, -0.2) is 8.42 Å². The first-order chi connectivity index (χ1) is 7.33. The zero-order valence-electron chi connectivity index (χ0n) is 8.56. The molecule has 85 valence electrons. The van der Waals surface area contributed by atoms with Crippen molar-refractivity contribution in [1.82, 2.24) is 4.72 Å². The van der Waals surface area contributed by atoms with Crippen LogP contribution in [0.25, 0.3) is 0 Å². The SMILES string of the molecule is [CH2]C(=O)C(=S)NS(=O)(=O)c1ccc(C)cc1. The second kappa shape index (κ2) is 4.71. The van der Waals surface area contributed by atoms with Crippen molar-refractivity contribution < 1.29 is 13.2 Å². The first kappa shape index (κ1) is 12.8. The van der Waals surface area contributed by atoms with E-state index in [-0.39, 0.29) is 4.90 Å². The van der Waals surface area contributed by atoms with E-state index in [1.165, 1.54) is 12.1 Å². The lowest BCUT2D eigenvalue weighted by atomic mass is 10.2. The van der Waals surface area contributed by atoms with E-state index in [4.69, 9.17) is 0 Å². The number of rotatable bonds is 3. The third kappa shape index (κ3) is 3.11. The normalized spacial score (nSPS) is 10.9. The van der Waals surface area contributed by atoms with Crippen LogP contribution in [-0.2, 0) is 14.8 Å². The molecule has 4 nitrogen and oxygen atoms in total. The van der Waals surface area contributed by atoms with E-state index in [0.717, 1.165) is 5.56 Å². The lowest BCUT2D eigenvalue weighted by molar-refractivity contribution is -0.109. The topological polar surface area (TPSA) is 63.2 Å². The number of aryl methyl sites for hydroxylation is 1. The van der Waals surface area contributed by atoms with Crippen LogP contribution in [0.2, 0.25) is 0 Å². The lowest BCUT2D eigenvalue weighted by Gasteiger charge is -2.06. The van der Waals surface area contributed by atoms with Crippen molar-refractivity contribution in [2.24, 2.45) is 0 Å². The number of hydrogen-bond donors (Lipinski definition) is 1. The van der Waals surface area contributed by atoms with E-state index >= 15 is 0 Å². The molecule has 0 unspecified atom stereocenters. The molecule has 0 saturated heterocycles. The second-order valence-corrected chi connectivity index (χ2v) is 5.26. The lowest BCUT2D eigenvalue weighted by Crippen LogP contribution is -2.33. The summed E-state index contributed by atoms with van der Waals surface area (Å²) in [6.07, 6.45) is 0. The molecule has 0 aliphatic rings. The molecular weight excluding hydrogens is 246 g/mol. The number of Topliss-reactive ketones (excluding diaryl/α,β-unsaturated/α-hetero) is 1. The average molecular weight is 256 g/mol. The number of thiocarbonyl (C=S) groups is 1. The zero-order valence-corrected chi connectivity index (χ0v) is 10.2. The standard InChI is InChI=1S/C10H10NO3S2/c1-7-3-5-9(6-4-7)16(13,14)11-10(15)8(2)12/h3-6H,2H2,1H3,(H,11,15). The Morgan fingerprint density at radius 3 is 2.25 bits per heavy atom. The third-order valence-electron chi connectivity index (χ3n) is 1.81. The Hall–Kier alpha value is -1.27. The molecule has 1 N–H and O–H groups in total. The molecule has 0 aliphatic carbocycles. The minimum absolute atomic E-state index is 0.0571. The van der Waals surface area contributed by atoms with Crippen molar-refractivity contribution in [1.29, 1.82) is 0 Å². The van der Waals surface area contributed by atoms with Gasteiger partial charge in [-0.05, 0) is 19.1 Å². The highest BCUT2D eigenvalue weighted by Gasteiger charge is 2.16. The highest BCUT2D eigenvalue weighted by atomic mass is 32.2. The molecule has 0 atom stereocenters. The summed E-state index contributed by atoms with van der Waals surface area (Å²) in [6, 6.07) is 6.19. The number of nitrogens with one attached hydrogen (secondary N) is 1. The van der Waals surface area contributed by atoms with E-state index in [2.05, 4.69) is 19.1 Å². The first-order valence-corrected chi connectivity index (χ1v) is 6.22. The van der Waals surface area contributed by atoms with Crippen molar-refractivity contribution in [3.63, 3.8) is 0 Å². The molecule has 1 aromatic carbocycles. The van der Waals surface area contributed by atoms with E-state index in [9.17, 15) is 13.2 Å². The number of hydrogen-bond acceptors (Lipinski definition) is 4. The average Bonchev–Trinajstić information content (AvgIpc) is 2.17. The van der Waals surface area contributed by atoms with Gasteiger partial charge >= 0.3 is 0 Å². The van der Waals surface area contributed by atoms with E-state index in [1.807, 2.05) is 11.6 Å². The molecule has 1 aromatic rings. The van der Waals surface area contributed by atoms with Crippen molar-refractivity contribution in [3.8, 4) is 0 Å². The van der Waals surface area contributed by atoms with E-state index < -0.39 is 20.8 Å². The molecule has 0 spiro atoms. The van der Waals surface area contributed by atoms with Gasteiger partial charge in [-0.1, -0.05) is 29.9 Å². The minimum Gasteiger partial charge on any atom is -0.292 e. The molecule has 1 rings (SSSR count). The molecule has 0 amide bonds. The summed E-state index contributed by atoms with van der Waals surface area (Å²) in [5.74, 6) is -0.731. The minimum atomic E-state index is -3.77. The van der Waals surface area contributed by atoms with Crippen LogP contribution in [0, 0.1) is 13.8 Å². The Morgan fingerprint density at radius 2 is 1.81 bits per heavy atom. The van der Waals surface area contributed by atoms with Crippen molar-refractivity contribution in [2.45, 2.75) is 11.8 Å². The molecule has 0 fully saturated rings. The first-order valence-electron chi connectivity index (χ1n) is 4.32. The maximum absolute atomic E-state index is 11.7. The molecule has 0 heterocycles. The maximum Gasteiger partial charge on any atom is 0.262 e. The number of ketones is 1. The Morgan fingerprint density at radius 1 is 1.31 bits per heavy atom. The quantitative estimate of drug-likeness (QED) is 0.820. The fourth-order valence-electron chi connectivity index (χ4n) is 0.955. The van der Waals surface area contributed by atoms with E-state index in [0.29, 0.717) is 0 Å². The predicted molar refractivity (Wildman–Crippen MR) is 64.5 cm³/mol. The summed E-state index contributed by atoms with van der Waals surface area (Å²) >= 11 is 4.55. The van der Waals surface area contributed by atoms with Crippen LogP contribution < -0.4 is 4.72 Å². The number of carbonyl (C=O) groups excluding carboxylic acids is 1. The Kier molecular flexibility index (Phi) is 3.77. The molecule has 0 aliphatic heterocycles. The largest absolute Gasteiger partial charge is 0.292 e. The highest BCUT2D eigenvalue weighted by Crippen LogP contribution is 2.09. The Bertz CT molecular complexity index is 518. The molecular formula is C10H10NO3S2. The van der Waals surface area contributed by atoms with Crippen molar-refractivity contribution in [2.75, 3.05) is 0 Å². The molecule has 0 aromatic heterocycles. The van der Waals surface area contributed by atoms with Crippen LogP contribution in [0.1, 0.15) is 5.56 Å². The third-order valence-corrected chi connectivity index (χ3v) is 3.64. The van der Waals surface area contributed by atoms with Gasteiger partial charge in [0.2, 0.25) is 0 Å². The van der Waals surface area contributed by atoms with Crippen LogP contribution >= 0.6 is 12.2 Å². The van der Waals surface area contributed by atoms with Gasteiger partial charge in [0.1, 0.15) is 0 Å². The number of benzene rings is 1. The van der Waals surface area contributed by atoms with Gasteiger partial charge in [-0.15, -0.1) is 0 Å². The molecule has 1 radical (unpaired) electrons. The van der Waals surface area contributed by atoms with Crippen molar-refractivity contribution in [3.05, 3.63) is 36.8 Å². The Labute approximate surface area is 99.7 Å². The fourth-order valence-corrected chi connectivity index (χ4v) is 2.25. The summed E-state index contributed by atoms with van der Waals surface area (Å²) in [5.41, 5.74) is 0.940. The van der Waals surface area contributed by atoms with Gasteiger partial charge in [0.25, 0.3) is 10.0 Å². The van der Waals surface area contributed by atoms with Gasteiger partial charge in [-0.3, -0.25) is 9.52 Å². The maximum atomic E-state index is 11.7. The predicted octanol–water partition coefficient (Wildman–Crippen LogP) is 1.00. The monoisotopic (exact) mass is 256 g/mol. The van der Waals surface area contributed by atoms with Crippen LogP contribution in [0.4, 0.5) is 0 Å². The van der Waals surface area contributed by atoms with E-state index in [1.54, 1.807) is 12.1 Å². The van der Waals surface area contributed by atoms with Gasteiger partial charge in [0.05, 0.1) is 4.90 Å². The van der Waals surface area contributed by atoms with Crippen LogP contribution in [-0.4, -0.2) is 19.2 Å². The van der Waals surface area contributed by atoms with Gasteiger partial charge in [-0.2, -0.15) is 0 Å². The van der Waals surface area contributed by atoms with Gasteiger partial charge in [0, 0.05) is 6.92 Å². The Balaban J connectivity index is 2.99. The van der Waals surface area contributed by atoms with Crippen molar-refractivity contribution >= 4 is 33.0 Å². The fraction of sp³-hybridized carbons (Fsp3) is 0.100. The highest BCUT2D eigenvalue weighted by molar-refractivity contribution is 7.92. The second-order valence-electron chi connectivity index (χ2n) is 3.17. The van der Waals surface area contributed by atoms with Crippen LogP contribution in [0.3, 0.4) is 0 Å². The molecule has 6 heteroatoms. The number of sulfonamides is 1. The molecule has 0 saturated carbocycles. The van der Waals surface area contributed by atoms with Crippen LogP contribution in [0.5, 0.6) is 0 Å². The summed E-state index contributed by atoms with van der Waals surface area (Å²) < 4.78 is 25.3. The van der Waals surface area contributed by atoms with Gasteiger partial charge < -0.3 is 0 Å². The summed E-state index contributed by atoms with van der Waals surface area (Å²) in [5, 5.41) is 0. The molecule has 0 bridgehead atoms. The zero-order chi connectivity index (χ0) is 12.3. The summed E-state index contributed by atoms with van der Waals surface area (Å²) in [6.45, 7) is 4.86. The molecule has 16 heavy (non-hydrogen) atoms. The van der Waals surface area contributed by atoms with Crippen LogP contribution in [0.15, 0.2) is 29.2 Å². The van der Waals surface area contributed by atoms with Gasteiger partial charge in [0.15, 0.2) is 10.8 Å². The smallest absolute Gasteiger partial charge is 0.262 e. The summed E-state index contributed by atoms with van der Waals surface area (Å²) in [4.78, 5) is 10.4.